The standard InChI is InChI=1S/C18H35N3/c1-17(2,3)20-9-7-19(8-10-20)16-14-11-15(16)13-21(12-14)18(4,5)6/h14-16H,7-13H2,1-6H3. The number of hydrogen-bond donors (Lipinski definition) is 0. The lowest BCUT2D eigenvalue weighted by atomic mass is 9.64. The molecule has 122 valence electrons. The fourth-order valence-corrected chi connectivity index (χ4v) is 4.70. The number of nitrogens with zero attached hydrogens (tertiary/aromatic N) is 3. The monoisotopic (exact) mass is 293 g/mol. The van der Waals surface area contributed by atoms with Crippen LogP contribution in [0.3, 0.4) is 0 Å². The molecule has 2 heterocycles. The van der Waals surface area contributed by atoms with Gasteiger partial charge in [-0.2, -0.15) is 0 Å². The molecule has 0 spiro atoms. The molecule has 21 heavy (non-hydrogen) atoms. The molecule has 0 radical (unpaired) electrons. The Bertz CT molecular complexity index is 359. The van der Waals surface area contributed by atoms with Gasteiger partial charge in [0.1, 0.15) is 0 Å². The molecule has 2 unspecified atom stereocenters. The highest BCUT2D eigenvalue weighted by atomic mass is 15.3. The second kappa shape index (κ2) is 5.21. The van der Waals surface area contributed by atoms with Crippen molar-refractivity contribution in [3.05, 3.63) is 0 Å². The van der Waals surface area contributed by atoms with Crippen LogP contribution in [0.2, 0.25) is 0 Å². The van der Waals surface area contributed by atoms with Crippen LogP contribution in [-0.4, -0.2) is 71.1 Å². The van der Waals surface area contributed by atoms with Gasteiger partial charge in [0, 0.05) is 56.4 Å². The SMILES string of the molecule is CC(C)(C)N1CCN(C2C3CC2CN(C(C)(C)C)C3)CC1. The van der Waals surface area contributed by atoms with Gasteiger partial charge >= 0.3 is 0 Å². The molecule has 2 atom stereocenters. The summed E-state index contributed by atoms with van der Waals surface area (Å²) in [6.07, 6.45) is 1.48. The zero-order chi connectivity index (χ0) is 15.4. The van der Waals surface area contributed by atoms with Gasteiger partial charge in [0.2, 0.25) is 0 Å². The molecule has 3 fully saturated rings. The normalized spacial score (nSPS) is 36.6. The fraction of sp³-hybridized carbons (Fsp3) is 1.00. The maximum Gasteiger partial charge on any atom is 0.0177 e. The summed E-state index contributed by atoms with van der Waals surface area (Å²) in [5, 5.41) is 0. The van der Waals surface area contributed by atoms with E-state index in [0.717, 1.165) is 17.9 Å². The Balaban J connectivity index is 1.55. The minimum Gasteiger partial charge on any atom is -0.298 e. The molecule has 2 bridgehead atoms. The lowest BCUT2D eigenvalue weighted by molar-refractivity contribution is -0.113. The predicted octanol–water partition coefficient (Wildman–Crippen LogP) is 2.52. The van der Waals surface area contributed by atoms with E-state index in [1.807, 2.05) is 0 Å². The average molecular weight is 293 g/mol. The van der Waals surface area contributed by atoms with Crippen molar-refractivity contribution in [1.82, 2.24) is 14.7 Å². The summed E-state index contributed by atoms with van der Waals surface area (Å²) in [7, 11) is 0. The highest BCUT2D eigenvalue weighted by Gasteiger charge is 2.51. The van der Waals surface area contributed by atoms with E-state index >= 15 is 0 Å². The molecule has 3 aliphatic rings. The van der Waals surface area contributed by atoms with Crippen molar-refractivity contribution < 1.29 is 0 Å². The molecule has 1 aliphatic carbocycles. The maximum atomic E-state index is 2.82. The van der Waals surface area contributed by atoms with Crippen LogP contribution >= 0.6 is 0 Å². The van der Waals surface area contributed by atoms with Crippen molar-refractivity contribution in [2.45, 2.75) is 65.1 Å². The molecule has 0 aromatic heterocycles. The van der Waals surface area contributed by atoms with Crippen LogP contribution in [0.15, 0.2) is 0 Å². The van der Waals surface area contributed by atoms with Gasteiger partial charge in [-0.25, -0.2) is 0 Å². The summed E-state index contributed by atoms with van der Waals surface area (Å²) in [6.45, 7) is 21.9. The van der Waals surface area contributed by atoms with Gasteiger partial charge in [-0.3, -0.25) is 14.7 Å². The molecular formula is C18H35N3. The van der Waals surface area contributed by atoms with Crippen LogP contribution in [-0.2, 0) is 0 Å². The quantitative estimate of drug-likeness (QED) is 0.735. The Morgan fingerprint density at radius 1 is 0.667 bits per heavy atom. The molecule has 0 amide bonds. The summed E-state index contributed by atoms with van der Waals surface area (Å²) in [5.41, 5.74) is 0.692. The second-order valence-corrected chi connectivity index (χ2v) is 9.52. The van der Waals surface area contributed by atoms with Gasteiger partial charge in [0.25, 0.3) is 0 Å². The van der Waals surface area contributed by atoms with Crippen molar-refractivity contribution >= 4 is 0 Å². The predicted molar refractivity (Wildman–Crippen MR) is 89.6 cm³/mol. The molecule has 1 saturated carbocycles. The van der Waals surface area contributed by atoms with Crippen LogP contribution in [0.25, 0.3) is 0 Å². The number of piperazine rings is 1. The fourth-order valence-electron chi connectivity index (χ4n) is 4.70. The minimum absolute atomic E-state index is 0.338. The zero-order valence-corrected chi connectivity index (χ0v) is 15.0. The topological polar surface area (TPSA) is 9.72 Å². The highest BCUT2D eigenvalue weighted by molar-refractivity contribution is 5.05. The van der Waals surface area contributed by atoms with Crippen molar-refractivity contribution in [3.8, 4) is 0 Å². The molecule has 3 rings (SSSR count). The Morgan fingerprint density at radius 3 is 1.57 bits per heavy atom. The molecule has 2 aliphatic heterocycles. The smallest absolute Gasteiger partial charge is 0.0177 e. The molecule has 0 aromatic carbocycles. The van der Waals surface area contributed by atoms with Crippen LogP contribution in [0, 0.1) is 11.8 Å². The Labute approximate surface area is 131 Å². The van der Waals surface area contributed by atoms with E-state index in [2.05, 4.69) is 56.2 Å². The van der Waals surface area contributed by atoms with Gasteiger partial charge in [0.15, 0.2) is 0 Å². The van der Waals surface area contributed by atoms with E-state index in [-0.39, 0.29) is 0 Å². The maximum absolute atomic E-state index is 2.82. The van der Waals surface area contributed by atoms with Gasteiger partial charge in [0.05, 0.1) is 0 Å². The molecule has 3 heteroatoms. The summed E-state index contributed by atoms with van der Waals surface area (Å²) in [5.74, 6) is 1.87. The van der Waals surface area contributed by atoms with Gasteiger partial charge < -0.3 is 0 Å². The van der Waals surface area contributed by atoms with E-state index in [0.29, 0.717) is 11.1 Å². The van der Waals surface area contributed by atoms with Crippen molar-refractivity contribution in [2.75, 3.05) is 39.3 Å². The number of rotatable bonds is 1. The van der Waals surface area contributed by atoms with Gasteiger partial charge in [-0.1, -0.05) is 0 Å². The third-order valence-corrected chi connectivity index (χ3v) is 6.11. The van der Waals surface area contributed by atoms with E-state index in [9.17, 15) is 0 Å². The third kappa shape index (κ3) is 3.02. The van der Waals surface area contributed by atoms with E-state index in [1.165, 1.54) is 45.7 Å². The molecule has 3 nitrogen and oxygen atoms in total. The van der Waals surface area contributed by atoms with Crippen LogP contribution < -0.4 is 0 Å². The first-order chi connectivity index (χ1) is 9.66. The lowest BCUT2D eigenvalue weighted by Gasteiger charge is -2.61. The Kier molecular flexibility index (Phi) is 3.91. The van der Waals surface area contributed by atoms with Crippen molar-refractivity contribution in [1.29, 1.82) is 0 Å². The average Bonchev–Trinajstić information content (AvgIpc) is 2.37. The lowest BCUT2D eigenvalue weighted by Crippen LogP contribution is -2.69. The number of likely N-dealkylation sites (tertiary alicyclic amines) is 1. The molecular weight excluding hydrogens is 258 g/mol. The summed E-state index contributed by atoms with van der Waals surface area (Å²) < 4.78 is 0. The summed E-state index contributed by atoms with van der Waals surface area (Å²) >= 11 is 0. The number of piperidine rings is 2. The summed E-state index contributed by atoms with van der Waals surface area (Å²) in [6, 6.07) is 0.894. The van der Waals surface area contributed by atoms with Crippen LogP contribution in [0.5, 0.6) is 0 Å². The largest absolute Gasteiger partial charge is 0.298 e. The van der Waals surface area contributed by atoms with Crippen LogP contribution in [0.4, 0.5) is 0 Å². The van der Waals surface area contributed by atoms with Crippen molar-refractivity contribution in [2.24, 2.45) is 11.8 Å². The van der Waals surface area contributed by atoms with E-state index in [1.54, 1.807) is 0 Å². The summed E-state index contributed by atoms with van der Waals surface area (Å²) in [4.78, 5) is 8.19. The first-order valence-corrected chi connectivity index (χ1v) is 8.90. The van der Waals surface area contributed by atoms with Gasteiger partial charge in [-0.05, 0) is 59.8 Å². The minimum atomic E-state index is 0.338. The third-order valence-electron chi connectivity index (χ3n) is 6.11. The Hall–Kier alpha value is -0.120. The van der Waals surface area contributed by atoms with Crippen molar-refractivity contribution in [3.63, 3.8) is 0 Å². The van der Waals surface area contributed by atoms with Gasteiger partial charge in [-0.15, -0.1) is 0 Å². The number of fused-ring (bicyclic) bond motifs is 2. The molecule has 0 aromatic rings. The zero-order valence-electron chi connectivity index (χ0n) is 15.0. The van der Waals surface area contributed by atoms with E-state index < -0.39 is 0 Å². The highest BCUT2D eigenvalue weighted by Crippen LogP contribution is 2.45. The Morgan fingerprint density at radius 2 is 1.14 bits per heavy atom. The van der Waals surface area contributed by atoms with E-state index in [4.69, 9.17) is 0 Å². The molecule has 0 N–H and O–H groups in total. The molecule has 2 saturated heterocycles. The number of hydrogen-bond acceptors (Lipinski definition) is 3. The first kappa shape index (κ1) is 15.8. The first-order valence-electron chi connectivity index (χ1n) is 8.90. The second-order valence-electron chi connectivity index (χ2n) is 9.52. The van der Waals surface area contributed by atoms with Crippen LogP contribution in [0.1, 0.15) is 48.0 Å².